The molecule has 4 aliphatic rings. The van der Waals surface area contributed by atoms with Crippen LogP contribution in [0.5, 0.6) is 5.75 Å². The van der Waals surface area contributed by atoms with E-state index < -0.39 is 24.1 Å². The number of piperazine rings is 2. The molecule has 1 N–H and O–H groups in total. The van der Waals surface area contributed by atoms with E-state index in [0.717, 1.165) is 44.7 Å². The van der Waals surface area contributed by atoms with Crippen LogP contribution in [0.1, 0.15) is 18.4 Å². The Morgan fingerprint density at radius 1 is 0.829 bits per heavy atom. The molecule has 4 heterocycles. The van der Waals surface area contributed by atoms with Crippen molar-refractivity contribution in [2.24, 2.45) is 5.92 Å². The van der Waals surface area contributed by atoms with Gasteiger partial charge in [-0.05, 0) is 61.7 Å². The van der Waals surface area contributed by atoms with Gasteiger partial charge >= 0.3 is 12.1 Å². The molecule has 0 aromatic heterocycles. The third-order valence-corrected chi connectivity index (χ3v) is 8.76. The first kappa shape index (κ1) is 27.3. The number of hydrogen-bond donors (Lipinski definition) is 1. The maximum atomic E-state index is 13.2. The number of fused-ring (bicyclic) bond motifs is 1. The average Bonchev–Trinajstić information content (AvgIpc) is 3.23. The summed E-state index contributed by atoms with van der Waals surface area (Å²) in [6.07, 6.45) is 1.55. The van der Waals surface area contributed by atoms with Crippen molar-refractivity contribution in [2.45, 2.75) is 25.4 Å². The highest BCUT2D eigenvalue weighted by Crippen LogP contribution is 2.26. The van der Waals surface area contributed by atoms with Crippen molar-refractivity contribution >= 4 is 23.7 Å². The first-order chi connectivity index (χ1) is 19.9. The van der Waals surface area contributed by atoms with Crippen molar-refractivity contribution in [1.29, 1.82) is 0 Å². The number of carbonyl (C=O) groups is 3. The Kier molecular flexibility index (Phi) is 7.97. The van der Waals surface area contributed by atoms with Crippen LogP contribution in [0.4, 0.5) is 15.3 Å². The molecule has 0 bridgehead atoms. The summed E-state index contributed by atoms with van der Waals surface area (Å²) in [6, 6.07) is 16.3. The maximum Gasteiger partial charge on any atom is 0.434 e. The Morgan fingerprint density at radius 2 is 1.54 bits per heavy atom. The van der Waals surface area contributed by atoms with Crippen LogP contribution in [-0.2, 0) is 16.2 Å². The minimum absolute atomic E-state index is 0.204. The summed E-state index contributed by atoms with van der Waals surface area (Å²) in [7, 11) is 0. The van der Waals surface area contributed by atoms with Crippen LogP contribution in [-0.4, -0.2) is 119 Å². The van der Waals surface area contributed by atoms with Gasteiger partial charge < -0.3 is 24.6 Å². The van der Waals surface area contributed by atoms with Gasteiger partial charge in [0, 0.05) is 64.6 Å². The van der Waals surface area contributed by atoms with Crippen LogP contribution < -0.4 is 4.90 Å². The summed E-state index contributed by atoms with van der Waals surface area (Å²) in [5.74, 6) is 0.304. The van der Waals surface area contributed by atoms with Gasteiger partial charge in [-0.25, -0.2) is 9.59 Å². The molecular formula is C30H38N6O5. The number of anilines is 1. The quantitative estimate of drug-likeness (QED) is 0.536. The first-order valence-corrected chi connectivity index (χ1v) is 14.6. The molecule has 2 aromatic rings. The Labute approximate surface area is 240 Å². The van der Waals surface area contributed by atoms with Gasteiger partial charge in [0.15, 0.2) is 0 Å². The van der Waals surface area contributed by atoms with E-state index in [-0.39, 0.29) is 5.75 Å². The lowest BCUT2D eigenvalue weighted by Gasteiger charge is -2.39. The zero-order chi connectivity index (χ0) is 28.3. The number of rotatable bonds is 6. The number of hydroxylamine groups is 2. The van der Waals surface area contributed by atoms with Crippen molar-refractivity contribution in [2.75, 3.05) is 70.3 Å². The van der Waals surface area contributed by atoms with Gasteiger partial charge in [0.2, 0.25) is 0 Å². The Bertz CT molecular complexity index is 1230. The van der Waals surface area contributed by atoms with Gasteiger partial charge in [-0.2, -0.15) is 0 Å². The molecule has 1 unspecified atom stereocenters. The SMILES string of the molecule is O=C(ON1C(=O)C2CN(CC3CCN(Cc4ccccc4)CC3)CCN2C1=O)N1CCN(c2ccc(O)cc2)CC1. The predicted octanol–water partition coefficient (Wildman–Crippen LogP) is 2.43. The van der Waals surface area contributed by atoms with Gasteiger partial charge in [0.25, 0.3) is 5.91 Å². The molecule has 6 rings (SSSR count). The van der Waals surface area contributed by atoms with Gasteiger partial charge in [0.1, 0.15) is 11.8 Å². The predicted molar refractivity (Wildman–Crippen MR) is 152 cm³/mol. The smallest absolute Gasteiger partial charge is 0.434 e. The number of carbonyl (C=O) groups excluding carboxylic acids is 3. The molecule has 0 radical (unpaired) electrons. The van der Waals surface area contributed by atoms with Crippen LogP contribution in [0.2, 0.25) is 0 Å². The number of hydrogen-bond acceptors (Lipinski definition) is 8. The monoisotopic (exact) mass is 562 g/mol. The van der Waals surface area contributed by atoms with E-state index in [1.165, 1.54) is 15.4 Å². The molecule has 2 aromatic carbocycles. The molecule has 218 valence electrons. The number of nitrogens with zero attached hydrogens (tertiary/aromatic N) is 6. The molecule has 4 fully saturated rings. The molecule has 0 spiro atoms. The van der Waals surface area contributed by atoms with Crippen molar-refractivity contribution in [1.82, 2.24) is 24.7 Å². The highest BCUT2D eigenvalue weighted by Gasteiger charge is 2.50. The summed E-state index contributed by atoms with van der Waals surface area (Å²) in [6.45, 7) is 7.61. The van der Waals surface area contributed by atoms with Crippen molar-refractivity contribution in [3.05, 3.63) is 60.2 Å². The third kappa shape index (κ3) is 6.11. The molecule has 11 heteroatoms. The third-order valence-electron chi connectivity index (χ3n) is 8.76. The maximum absolute atomic E-state index is 13.2. The molecule has 4 saturated heterocycles. The second kappa shape index (κ2) is 12.0. The lowest BCUT2D eigenvalue weighted by molar-refractivity contribution is -0.152. The topological polar surface area (TPSA) is 100 Å². The van der Waals surface area contributed by atoms with Crippen LogP contribution in [0.3, 0.4) is 0 Å². The second-order valence-electron chi connectivity index (χ2n) is 11.4. The standard InChI is InChI=1S/C30H38N6O5/c37-26-8-6-25(7-9-26)33-15-17-34(18-16-33)30(40)41-36-28(38)27-22-32(14-19-35(27)29(36)39)21-24-10-12-31(13-11-24)20-23-4-2-1-3-5-23/h1-9,24,27,37H,10-22H2. The normalized spacial score (nSPS) is 22.8. The van der Waals surface area contributed by atoms with E-state index in [0.29, 0.717) is 56.8 Å². The molecule has 11 nitrogen and oxygen atoms in total. The van der Waals surface area contributed by atoms with E-state index in [1.54, 1.807) is 12.1 Å². The van der Waals surface area contributed by atoms with Gasteiger partial charge in [0.05, 0.1) is 0 Å². The number of amides is 4. The summed E-state index contributed by atoms with van der Waals surface area (Å²) < 4.78 is 0. The van der Waals surface area contributed by atoms with E-state index in [2.05, 4.69) is 39.0 Å². The Morgan fingerprint density at radius 3 is 2.24 bits per heavy atom. The summed E-state index contributed by atoms with van der Waals surface area (Å²) in [5.41, 5.74) is 2.30. The van der Waals surface area contributed by atoms with Crippen LogP contribution >= 0.6 is 0 Å². The highest BCUT2D eigenvalue weighted by molar-refractivity contribution is 6.04. The van der Waals surface area contributed by atoms with Crippen molar-refractivity contribution in [3.63, 3.8) is 0 Å². The number of benzene rings is 2. The van der Waals surface area contributed by atoms with Gasteiger partial charge in [-0.1, -0.05) is 35.4 Å². The summed E-state index contributed by atoms with van der Waals surface area (Å²) in [5, 5.41) is 10.2. The van der Waals surface area contributed by atoms with Crippen LogP contribution in [0.15, 0.2) is 54.6 Å². The molecule has 0 aliphatic carbocycles. The minimum atomic E-state index is -0.684. The fourth-order valence-corrected chi connectivity index (χ4v) is 6.36. The Balaban J connectivity index is 0.962. The van der Waals surface area contributed by atoms with Crippen LogP contribution in [0, 0.1) is 5.92 Å². The number of imide groups is 1. The molecule has 41 heavy (non-hydrogen) atoms. The first-order valence-electron chi connectivity index (χ1n) is 14.6. The van der Waals surface area contributed by atoms with Crippen molar-refractivity contribution in [3.8, 4) is 5.75 Å². The van der Waals surface area contributed by atoms with E-state index in [9.17, 15) is 19.5 Å². The van der Waals surface area contributed by atoms with Gasteiger partial charge in [-0.15, -0.1) is 0 Å². The lowest BCUT2D eigenvalue weighted by Crippen LogP contribution is -2.54. The number of likely N-dealkylation sites (tertiary alicyclic amines) is 1. The van der Waals surface area contributed by atoms with E-state index in [4.69, 9.17) is 4.84 Å². The number of urea groups is 1. The van der Waals surface area contributed by atoms with Crippen molar-refractivity contribution < 1.29 is 24.3 Å². The largest absolute Gasteiger partial charge is 0.508 e. The molecule has 1 atom stereocenters. The zero-order valence-electron chi connectivity index (χ0n) is 23.3. The van der Waals surface area contributed by atoms with Gasteiger partial charge in [-0.3, -0.25) is 14.6 Å². The number of aromatic hydroxyl groups is 1. The lowest BCUT2D eigenvalue weighted by atomic mass is 9.95. The minimum Gasteiger partial charge on any atom is -0.508 e. The fourth-order valence-electron chi connectivity index (χ4n) is 6.36. The summed E-state index contributed by atoms with van der Waals surface area (Å²) >= 11 is 0. The summed E-state index contributed by atoms with van der Waals surface area (Å²) in [4.78, 5) is 54.4. The number of piperidine rings is 1. The highest BCUT2D eigenvalue weighted by atomic mass is 16.7. The Hall–Kier alpha value is -3.83. The van der Waals surface area contributed by atoms with E-state index in [1.807, 2.05) is 18.2 Å². The average molecular weight is 563 g/mol. The molecule has 4 amide bonds. The molecule has 4 aliphatic heterocycles. The fraction of sp³-hybridized carbons (Fsp3) is 0.500. The number of phenolic OH excluding ortho intramolecular Hbond substituents is 1. The van der Waals surface area contributed by atoms with E-state index >= 15 is 0 Å². The zero-order valence-corrected chi connectivity index (χ0v) is 23.3. The number of phenols is 1. The molecular weight excluding hydrogens is 524 g/mol. The second-order valence-corrected chi connectivity index (χ2v) is 11.4. The molecule has 0 saturated carbocycles. The van der Waals surface area contributed by atoms with Crippen LogP contribution in [0.25, 0.3) is 0 Å².